The van der Waals surface area contributed by atoms with Crippen LogP contribution in [0.4, 0.5) is 4.39 Å². The Morgan fingerprint density at radius 2 is 1.78 bits per heavy atom. The molecule has 0 atom stereocenters. The first kappa shape index (κ1) is 17.7. The Bertz CT molecular complexity index is 1020. The molecule has 1 aliphatic rings. The van der Waals surface area contributed by atoms with Gasteiger partial charge in [0.2, 0.25) is 0 Å². The highest BCUT2D eigenvalue weighted by Crippen LogP contribution is 2.28. The molecule has 3 N–H and O–H groups in total. The number of phenols is 1. The number of quaternary nitrogens is 2. The molecule has 0 saturated carbocycles. The summed E-state index contributed by atoms with van der Waals surface area (Å²) in [6.07, 6.45) is 0. The van der Waals surface area contributed by atoms with Crippen LogP contribution in [-0.4, -0.2) is 38.3 Å². The Balaban J connectivity index is 1.74. The van der Waals surface area contributed by atoms with Crippen molar-refractivity contribution in [2.75, 3.05) is 33.2 Å². The van der Waals surface area contributed by atoms with E-state index in [9.17, 15) is 14.3 Å². The third-order valence-corrected chi connectivity index (χ3v) is 5.37. The Hall–Kier alpha value is -2.70. The topological polar surface area (TPSA) is 59.3 Å². The lowest BCUT2D eigenvalue weighted by atomic mass is 10.0. The van der Waals surface area contributed by atoms with Gasteiger partial charge >= 0.3 is 5.63 Å². The second-order valence-electron chi connectivity index (χ2n) is 7.32. The average Bonchev–Trinajstić information content (AvgIpc) is 2.66. The van der Waals surface area contributed by atoms with Crippen LogP contribution in [0.2, 0.25) is 0 Å². The predicted molar refractivity (Wildman–Crippen MR) is 101 cm³/mol. The number of rotatable bonds is 3. The van der Waals surface area contributed by atoms with Crippen LogP contribution in [0.1, 0.15) is 5.56 Å². The molecule has 1 aromatic heterocycles. The van der Waals surface area contributed by atoms with Gasteiger partial charge in [-0.25, -0.2) is 9.18 Å². The number of hydrogen-bond acceptors (Lipinski definition) is 3. The van der Waals surface area contributed by atoms with Gasteiger partial charge in [-0.3, -0.25) is 0 Å². The maximum atomic E-state index is 13.2. The predicted octanol–water partition coefficient (Wildman–Crippen LogP) is 0.218. The molecule has 0 amide bonds. The average molecular weight is 370 g/mol. The van der Waals surface area contributed by atoms with E-state index in [0.717, 1.165) is 31.6 Å². The lowest BCUT2D eigenvalue weighted by molar-refractivity contribution is -1.01. The molecule has 2 aromatic carbocycles. The largest absolute Gasteiger partial charge is 0.507 e. The molecule has 0 radical (unpaired) electrons. The van der Waals surface area contributed by atoms with Crippen LogP contribution >= 0.6 is 0 Å². The SMILES string of the molecule is C[NH+]1CC[NH+](Cc2c(O)ccc3cc(-c4ccc(F)cc4)c(=O)oc23)CC1. The number of piperazine rings is 1. The number of nitrogens with one attached hydrogen (secondary N) is 2. The van der Waals surface area contributed by atoms with Gasteiger partial charge in [0.25, 0.3) is 0 Å². The maximum Gasteiger partial charge on any atom is 0.344 e. The Labute approximate surface area is 156 Å². The van der Waals surface area contributed by atoms with E-state index in [-0.39, 0.29) is 11.6 Å². The van der Waals surface area contributed by atoms with E-state index < -0.39 is 5.63 Å². The third-order valence-electron chi connectivity index (χ3n) is 5.37. The van der Waals surface area contributed by atoms with Crippen molar-refractivity contribution < 1.29 is 23.7 Å². The normalized spacial score (nSPS) is 20.1. The fraction of sp³-hybridized carbons (Fsp3) is 0.286. The van der Waals surface area contributed by atoms with E-state index in [2.05, 4.69) is 7.05 Å². The Morgan fingerprint density at radius 3 is 2.48 bits per heavy atom. The van der Waals surface area contributed by atoms with Gasteiger partial charge in [0.15, 0.2) is 5.58 Å². The van der Waals surface area contributed by atoms with Crippen LogP contribution in [0.5, 0.6) is 5.75 Å². The molecule has 3 aromatic rings. The first-order valence-corrected chi connectivity index (χ1v) is 9.21. The zero-order chi connectivity index (χ0) is 19.0. The summed E-state index contributed by atoms with van der Waals surface area (Å²) in [5.41, 5.74) is 1.61. The van der Waals surface area contributed by atoms with E-state index in [1.54, 1.807) is 30.3 Å². The first-order valence-electron chi connectivity index (χ1n) is 9.21. The van der Waals surface area contributed by atoms with E-state index in [4.69, 9.17) is 4.42 Å². The number of phenolic OH excluding ortho intramolecular Hbond substituents is 1. The Morgan fingerprint density at radius 1 is 1.07 bits per heavy atom. The van der Waals surface area contributed by atoms with Gasteiger partial charge in [-0.15, -0.1) is 0 Å². The van der Waals surface area contributed by atoms with Crippen LogP contribution in [0.3, 0.4) is 0 Å². The molecular formula is C21H23FN2O3+2. The van der Waals surface area contributed by atoms with Gasteiger partial charge in [0, 0.05) is 5.39 Å². The summed E-state index contributed by atoms with van der Waals surface area (Å²) in [6.45, 7) is 4.81. The summed E-state index contributed by atoms with van der Waals surface area (Å²) in [5.74, 6) is -0.202. The highest BCUT2D eigenvalue weighted by atomic mass is 19.1. The molecule has 0 aliphatic carbocycles. The molecule has 1 fully saturated rings. The van der Waals surface area contributed by atoms with Crippen molar-refractivity contribution in [1.29, 1.82) is 0 Å². The van der Waals surface area contributed by atoms with Crippen molar-refractivity contribution in [1.82, 2.24) is 0 Å². The van der Waals surface area contributed by atoms with Crippen LogP contribution < -0.4 is 15.4 Å². The molecule has 140 valence electrons. The second-order valence-corrected chi connectivity index (χ2v) is 7.32. The smallest absolute Gasteiger partial charge is 0.344 e. The molecule has 0 spiro atoms. The van der Waals surface area contributed by atoms with Gasteiger partial charge in [-0.05, 0) is 35.9 Å². The van der Waals surface area contributed by atoms with Crippen molar-refractivity contribution >= 4 is 11.0 Å². The summed E-state index contributed by atoms with van der Waals surface area (Å²) in [4.78, 5) is 15.4. The minimum Gasteiger partial charge on any atom is -0.507 e. The molecular weight excluding hydrogens is 347 g/mol. The van der Waals surface area contributed by atoms with E-state index in [0.29, 0.717) is 28.8 Å². The highest BCUT2D eigenvalue weighted by Gasteiger charge is 2.23. The summed E-state index contributed by atoms with van der Waals surface area (Å²) in [7, 11) is 2.18. The maximum absolute atomic E-state index is 13.2. The third kappa shape index (κ3) is 3.59. The van der Waals surface area contributed by atoms with Gasteiger partial charge in [0.05, 0.1) is 18.2 Å². The van der Waals surface area contributed by atoms with Crippen molar-refractivity contribution in [2.24, 2.45) is 0 Å². The zero-order valence-corrected chi connectivity index (χ0v) is 15.2. The lowest BCUT2D eigenvalue weighted by Crippen LogP contribution is -3.26. The zero-order valence-electron chi connectivity index (χ0n) is 15.2. The lowest BCUT2D eigenvalue weighted by Gasteiger charge is -2.27. The van der Waals surface area contributed by atoms with E-state index >= 15 is 0 Å². The molecule has 2 heterocycles. The minimum atomic E-state index is -0.487. The molecule has 0 bridgehead atoms. The minimum absolute atomic E-state index is 0.152. The molecule has 5 nitrogen and oxygen atoms in total. The van der Waals surface area contributed by atoms with E-state index in [1.165, 1.54) is 21.9 Å². The van der Waals surface area contributed by atoms with Crippen LogP contribution in [0.25, 0.3) is 22.1 Å². The number of fused-ring (bicyclic) bond motifs is 1. The monoisotopic (exact) mass is 370 g/mol. The quantitative estimate of drug-likeness (QED) is 0.578. The van der Waals surface area contributed by atoms with Gasteiger partial charge in [0.1, 0.15) is 44.3 Å². The van der Waals surface area contributed by atoms with Crippen molar-refractivity contribution in [3.63, 3.8) is 0 Å². The molecule has 1 aliphatic heterocycles. The molecule has 0 unspecified atom stereocenters. The standard InChI is InChI=1S/C21H21FN2O3/c1-23-8-10-24(11-9-23)13-18-19(25)7-4-15-12-17(21(26)27-20(15)18)14-2-5-16(22)6-3-14/h2-7,12,25H,8-11,13H2,1H3/p+2. The van der Waals surface area contributed by atoms with Crippen molar-refractivity contribution in [2.45, 2.75) is 6.54 Å². The van der Waals surface area contributed by atoms with E-state index in [1.807, 2.05) is 0 Å². The van der Waals surface area contributed by atoms with Gasteiger partial charge < -0.3 is 19.3 Å². The molecule has 1 saturated heterocycles. The summed E-state index contributed by atoms with van der Waals surface area (Å²) in [6, 6.07) is 10.9. The Kier molecular flexibility index (Phi) is 4.68. The number of benzene rings is 2. The molecule has 4 rings (SSSR count). The fourth-order valence-electron chi connectivity index (χ4n) is 3.69. The van der Waals surface area contributed by atoms with Crippen molar-refractivity contribution in [3.05, 3.63) is 64.3 Å². The van der Waals surface area contributed by atoms with Crippen LogP contribution in [-0.2, 0) is 6.54 Å². The summed E-state index contributed by atoms with van der Waals surface area (Å²) >= 11 is 0. The molecule has 27 heavy (non-hydrogen) atoms. The van der Waals surface area contributed by atoms with Crippen LogP contribution in [0, 0.1) is 5.82 Å². The number of aromatic hydroxyl groups is 1. The second kappa shape index (κ2) is 7.13. The highest BCUT2D eigenvalue weighted by molar-refractivity contribution is 5.85. The number of halogens is 1. The first-order chi connectivity index (χ1) is 13.0. The summed E-state index contributed by atoms with van der Waals surface area (Å²) < 4.78 is 18.8. The fourth-order valence-corrected chi connectivity index (χ4v) is 3.69. The van der Waals surface area contributed by atoms with Gasteiger partial charge in [-0.2, -0.15) is 0 Å². The van der Waals surface area contributed by atoms with Crippen molar-refractivity contribution in [3.8, 4) is 16.9 Å². The summed E-state index contributed by atoms with van der Waals surface area (Å²) in [5, 5.41) is 11.1. The van der Waals surface area contributed by atoms with Crippen LogP contribution in [0.15, 0.2) is 51.7 Å². The number of likely N-dealkylation sites (N-methyl/N-ethyl adjacent to an activating group) is 1. The number of hydrogen-bond donors (Lipinski definition) is 3. The molecule has 6 heteroatoms. The van der Waals surface area contributed by atoms with Gasteiger partial charge in [-0.1, -0.05) is 12.1 Å².